The van der Waals surface area contributed by atoms with E-state index >= 15 is 0 Å². The van der Waals surface area contributed by atoms with Crippen LogP contribution in [0.4, 0.5) is 5.69 Å². The van der Waals surface area contributed by atoms with Gasteiger partial charge in [-0.05, 0) is 68.5 Å². The van der Waals surface area contributed by atoms with E-state index in [2.05, 4.69) is 5.32 Å². The molecule has 0 saturated heterocycles. The number of para-hydroxylation sites is 2. The van der Waals surface area contributed by atoms with Gasteiger partial charge in [-0.15, -0.1) is 0 Å². The third kappa shape index (κ3) is 5.16. The molecule has 1 atom stereocenters. The highest BCUT2D eigenvalue weighted by atomic mass is 16.5. The van der Waals surface area contributed by atoms with E-state index in [1.54, 1.807) is 13.2 Å². The predicted octanol–water partition coefficient (Wildman–Crippen LogP) is 4.81. The minimum atomic E-state index is -0.601. The second kappa shape index (κ2) is 9.31. The number of hydrogen-bond donors (Lipinski definition) is 1. The Kier molecular flexibility index (Phi) is 6.58. The second-order valence-electron chi connectivity index (χ2n) is 6.70. The van der Waals surface area contributed by atoms with Crippen molar-refractivity contribution >= 4 is 11.6 Å². The molecule has 1 aliphatic carbocycles. The summed E-state index contributed by atoms with van der Waals surface area (Å²) in [4.78, 5) is 12.6. The zero-order chi connectivity index (χ0) is 19.1. The van der Waals surface area contributed by atoms with Gasteiger partial charge in [0, 0.05) is 5.69 Å². The molecule has 144 valence electrons. The minimum Gasteiger partial charge on any atom is -0.493 e. The number of anilines is 1. The Hall–Kier alpha value is -2.69. The smallest absolute Gasteiger partial charge is 0.265 e. The topological polar surface area (TPSA) is 56.8 Å². The van der Waals surface area contributed by atoms with Crippen molar-refractivity contribution in [3.05, 3.63) is 48.5 Å². The van der Waals surface area contributed by atoms with Crippen LogP contribution >= 0.6 is 0 Å². The largest absolute Gasteiger partial charge is 0.493 e. The molecule has 1 N–H and O–H groups in total. The third-order valence-electron chi connectivity index (χ3n) is 4.73. The number of carbonyl (C=O) groups excluding carboxylic acids is 1. The van der Waals surface area contributed by atoms with Crippen molar-refractivity contribution in [2.45, 2.75) is 51.2 Å². The van der Waals surface area contributed by atoms with Crippen molar-refractivity contribution in [3.63, 3.8) is 0 Å². The first-order chi connectivity index (χ1) is 13.2. The van der Waals surface area contributed by atoms with Crippen LogP contribution < -0.4 is 19.5 Å². The van der Waals surface area contributed by atoms with Crippen LogP contribution in [0.15, 0.2) is 48.5 Å². The Balaban J connectivity index is 1.59. The van der Waals surface area contributed by atoms with Gasteiger partial charge in [-0.1, -0.05) is 19.1 Å². The Bertz CT molecular complexity index is 738. The van der Waals surface area contributed by atoms with Gasteiger partial charge < -0.3 is 19.5 Å². The Labute approximate surface area is 160 Å². The monoisotopic (exact) mass is 369 g/mol. The molecular formula is C22H27NO4. The van der Waals surface area contributed by atoms with Crippen LogP contribution in [0.3, 0.4) is 0 Å². The van der Waals surface area contributed by atoms with Gasteiger partial charge in [0.05, 0.1) is 13.2 Å². The minimum absolute atomic E-state index is 0.187. The number of nitrogens with one attached hydrogen (secondary N) is 1. The summed E-state index contributed by atoms with van der Waals surface area (Å²) in [7, 11) is 1.58. The number of hydrogen-bond acceptors (Lipinski definition) is 4. The summed E-state index contributed by atoms with van der Waals surface area (Å²) in [6.45, 7) is 1.91. The lowest BCUT2D eigenvalue weighted by Gasteiger charge is -2.19. The van der Waals surface area contributed by atoms with Crippen molar-refractivity contribution in [2.75, 3.05) is 12.4 Å². The van der Waals surface area contributed by atoms with Crippen molar-refractivity contribution in [3.8, 4) is 17.2 Å². The molecule has 0 bridgehead atoms. The molecule has 0 radical (unpaired) electrons. The summed E-state index contributed by atoms with van der Waals surface area (Å²) in [6.07, 6.45) is 4.99. The first-order valence-corrected chi connectivity index (χ1v) is 9.57. The van der Waals surface area contributed by atoms with Gasteiger partial charge >= 0.3 is 0 Å². The molecule has 0 heterocycles. The highest BCUT2D eigenvalue weighted by molar-refractivity contribution is 5.94. The van der Waals surface area contributed by atoms with Gasteiger partial charge in [-0.3, -0.25) is 4.79 Å². The van der Waals surface area contributed by atoms with Crippen LogP contribution in [0.1, 0.15) is 39.0 Å². The highest BCUT2D eigenvalue weighted by Gasteiger charge is 2.20. The fraction of sp³-hybridized carbons (Fsp3) is 0.409. The average molecular weight is 369 g/mol. The van der Waals surface area contributed by atoms with Crippen molar-refractivity contribution in [2.24, 2.45) is 0 Å². The van der Waals surface area contributed by atoms with E-state index in [-0.39, 0.29) is 5.91 Å². The average Bonchev–Trinajstić information content (AvgIpc) is 3.21. The Morgan fingerprint density at radius 1 is 1.07 bits per heavy atom. The molecule has 0 spiro atoms. The number of amides is 1. The molecule has 2 aromatic rings. The molecule has 1 amide bonds. The van der Waals surface area contributed by atoms with Crippen LogP contribution in [0.5, 0.6) is 17.2 Å². The first kappa shape index (κ1) is 19.1. The van der Waals surface area contributed by atoms with Crippen molar-refractivity contribution in [1.82, 2.24) is 0 Å². The molecule has 5 heteroatoms. The van der Waals surface area contributed by atoms with Gasteiger partial charge in [0.2, 0.25) is 0 Å². The fourth-order valence-corrected chi connectivity index (χ4v) is 3.23. The summed E-state index contributed by atoms with van der Waals surface area (Å²) in [6, 6.07) is 14.8. The number of methoxy groups -OCH3 is 1. The van der Waals surface area contributed by atoms with E-state index in [9.17, 15) is 4.79 Å². The molecule has 1 saturated carbocycles. The Morgan fingerprint density at radius 3 is 2.37 bits per heavy atom. The summed E-state index contributed by atoms with van der Waals surface area (Å²) in [5.74, 6) is 1.82. The van der Waals surface area contributed by atoms with Crippen molar-refractivity contribution < 1.29 is 19.0 Å². The molecule has 1 aliphatic rings. The molecule has 27 heavy (non-hydrogen) atoms. The van der Waals surface area contributed by atoms with Crippen molar-refractivity contribution in [1.29, 1.82) is 0 Å². The van der Waals surface area contributed by atoms with Crippen LogP contribution in [-0.2, 0) is 4.79 Å². The van der Waals surface area contributed by atoms with E-state index in [0.29, 0.717) is 24.0 Å². The summed E-state index contributed by atoms with van der Waals surface area (Å²) in [5, 5.41) is 2.91. The van der Waals surface area contributed by atoms with Gasteiger partial charge in [-0.2, -0.15) is 0 Å². The van der Waals surface area contributed by atoms with Gasteiger partial charge in [0.25, 0.3) is 5.91 Å². The molecule has 1 unspecified atom stereocenters. The maximum Gasteiger partial charge on any atom is 0.265 e. The van der Waals surface area contributed by atoms with E-state index in [0.717, 1.165) is 24.3 Å². The van der Waals surface area contributed by atoms with E-state index < -0.39 is 6.10 Å². The molecule has 1 fully saturated rings. The summed E-state index contributed by atoms with van der Waals surface area (Å²) >= 11 is 0. The molecular weight excluding hydrogens is 342 g/mol. The van der Waals surface area contributed by atoms with Crippen LogP contribution in [0, 0.1) is 0 Å². The summed E-state index contributed by atoms with van der Waals surface area (Å²) < 4.78 is 17.1. The van der Waals surface area contributed by atoms with Gasteiger partial charge in [0.1, 0.15) is 5.75 Å². The van der Waals surface area contributed by atoms with E-state index in [4.69, 9.17) is 14.2 Å². The molecule has 3 rings (SSSR count). The molecule has 0 aliphatic heterocycles. The number of ether oxygens (including phenoxy) is 3. The quantitative estimate of drug-likeness (QED) is 0.725. The maximum atomic E-state index is 12.6. The second-order valence-corrected chi connectivity index (χ2v) is 6.70. The molecule has 0 aromatic heterocycles. The third-order valence-corrected chi connectivity index (χ3v) is 4.73. The lowest BCUT2D eigenvalue weighted by molar-refractivity contribution is -0.122. The zero-order valence-corrected chi connectivity index (χ0v) is 15.9. The Morgan fingerprint density at radius 2 is 1.74 bits per heavy atom. The number of carbonyl (C=O) groups is 1. The van der Waals surface area contributed by atoms with E-state index in [1.807, 2.05) is 49.4 Å². The first-order valence-electron chi connectivity index (χ1n) is 9.57. The highest BCUT2D eigenvalue weighted by Crippen LogP contribution is 2.28. The van der Waals surface area contributed by atoms with Crippen LogP contribution in [0.2, 0.25) is 0 Å². The van der Waals surface area contributed by atoms with Crippen LogP contribution in [0.25, 0.3) is 0 Å². The lowest BCUT2D eigenvalue weighted by Crippen LogP contribution is -2.32. The fourth-order valence-electron chi connectivity index (χ4n) is 3.23. The van der Waals surface area contributed by atoms with Crippen LogP contribution in [-0.4, -0.2) is 25.2 Å². The SMILES string of the molecule is CCC(Oc1ccccc1OC)C(=O)Nc1ccc(OC2CCCC2)cc1. The molecule has 5 nitrogen and oxygen atoms in total. The zero-order valence-electron chi connectivity index (χ0n) is 15.9. The normalized spacial score (nSPS) is 15.2. The molecule has 2 aromatic carbocycles. The number of rotatable bonds is 8. The maximum absolute atomic E-state index is 12.6. The summed E-state index contributed by atoms with van der Waals surface area (Å²) in [5.41, 5.74) is 0.723. The standard InChI is InChI=1S/C22H27NO4/c1-3-19(27-21-11-7-6-10-20(21)25-2)22(24)23-16-12-14-18(15-13-16)26-17-8-4-5-9-17/h6-7,10-15,17,19H,3-5,8-9H2,1-2H3,(H,23,24). The van der Waals surface area contributed by atoms with Gasteiger partial charge in [-0.25, -0.2) is 0 Å². The van der Waals surface area contributed by atoms with E-state index in [1.165, 1.54) is 12.8 Å². The lowest BCUT2D eigenvalue weighted by atomic mass is 10.2. The predicted molar refractivity (Wildman–Crippen MR) is 106 cm³/mol. The van der Waals surface area contributed by atoms with Gasteiger partial charge in [0.15, 0.2) is 17.6 Å². The number of benzene rings is 2.